The molecule has 1 rings (SSSR count). The predicted octanol–water partition coefficient (Wildman–Crippen LogP) is 2.18. The lowest BCUT2D eigenvalue weighted by Gasteiger charge is -1.87. The molecule has 0 spiro atoms. The maximum absolute atomic E-state index is 3.69. The molecule has 0 saturated carbocycles. The van der Waals surface area contributed by atoms with Gasteiger partial charge in [-0.1, -0.05) is 73.9 Å². The van der Waals surface area contributed by atoms with Crippen LogP contribution in [0.2, 0.25) is 0 Å². The molecule has 0 saturated heterocycles. The molecular weight excluding hydrogens is 168 g/mol. The van der Waals surface area contributed by atoms with Crippen molar-refractivity contribution in [3.63, 3.8) is 0 Å². The van der Waals surface area contributed by atoms with Gasteiger partial charge < -0.3 is 0 Å². The SMILES string of the molecule is C=C\C=C/C=c1\cccc\c1=C/C=C. The second kappa shape index (κ2) is 5.76. The van der Waals surface area contributed by atoms with Crippen molar-refractivity contribution in [2.24, 2.45) is 0 Å². The third-order valence-corrected chi connectivity index (χ3v) is 1.82. The monoisotopic (exact) mass is 182 g/mol. The van der Waals surface area contributed by atoms with E-state index in [2.05, 4.69) is 31.4 Å². The summed E-state index contributed by atoms with van der Waals surface area (Å²) < 4.78 is 0. The largest absolute Gasteiger partial charge is 0.0991 e. The average molecular weight is 182 g/mol. The zero-order valence-electron chi connectivity index (χ0n) is 8.19. The second-order valence-corrected chi connectivity index (χ2v) is 2.82. The van der Waals surface area contributed by atoms with E-state index in [9.17, 15) is 0 Å². The highest BCUT2D eigenvalue weighted by atomic mass is 13.8. The fraction of sp³-hybridized carbons (Fsp3) is 0. The highest BCUT2D eigenvalue weighted by Gasteiger charge is 1.79. The minimum absolute atomic E-state index is 1.18. The molecule has 1 aromatic rings. The molecule has 0 unspecified atom stereocenters. The van der Waals surface area contributed by atoms with Crippen LogP contribution in [0.3, 0.4) is 0 Å². The summed E-state index contributed by atoms with van der Waals surface area (Å²) in [4.78, 5) is 0. The number of benzene rings is 1. The van der Waals surface area contributed by atoms with Crippen molar-refractivity contribution >= 4 is 12.2 Å². The van der Waals surface area contributed by atoms with Crippen LogP contribution < -0.4 is 10.4 Å². The van der Waals surface area contributed by atoms with Gasteiger partial charge in [-0.15, -0.1) is 0 Å². The number of hydrogen-bond acceptors (Lipinski definition) is 0. The predicted molar refractivity (Wildman–Crippen MR) is 64.2 cm³/mol. The molecule has 0 N–H and O–H groups in total. The molecule has 0 amide bonds. The van der Waals surface area contributed by atoms with Gasteiger partial charge in [0.15, 0.2) is 0 Å². The second-order valence-electron chi connectivity index (χ2n) is 2.82. The Kier molecular flexibility index (Phi) is 4.22. The van der Waals surface area contributed by atoms with Crippen molar-refractivity contribution in [1.82, 2.24) is 0 Å². The van der Waals surface area contributed by atoms with Gasteiger partial charge in [0.1, 0.15) is 0 Å². The zero-order valence-corrected chi connectivity index (χ0v) is 8.19. The van der Waals surface area contributed by atoms with Crippen molar-refractivity contribution in [2.45, 2.75) is 0 Å². The standard InChI is InChI=1S/C14H14/c1-3-5-6-10-14-12-8-7-11-13(14)9-4-2/h3-12H,1-2H2/b6-5-,13-9+,14-10+. The van der Waals surface area contributed by atoms with Crippen LogP contribution in [-0.2, 0) is 0 Å². The van der Waals surface area contributed by atoms with Crippen molar-refractivity contribution in [3.8, 4) is 0 Å². The van der Waals surface area contributed by atoms with Gasteiger partial charge >= 0.3 is 0 Å². The van der Waals surface area contributed by atoms with Gasteiger partial charge in [0, 0.05) is 0 Å². The third-order valence-electron chi connectivity index (χ3n) is 1.82. The van der Waals surface area contributed by atoms with Gasteiger partial charge in [-0.2, -0.15) is 0 Å². The summed E-state index contributed by atoms with van der Waals surface area (Å²) >= 11 is 0. The fourth-order valence-corrected chi connectivity index (χ4v) is 1.18. The summed E-state index contributed by atoms with van der Waals surface area (Å²) in [5.74, 6) is 0. The lowest BCUT2D eigenvalue weighted by Crippen LogP contribution is -2.22. The molecule has 0 fully saturated rings. The van der Waals surface area contributed by atoms with Gasteiger partial charge in [0.05, 0.1) is 0 Å². The Morgan fingerprint density at radius 1 is 0.786 bits per heavy atom. The summed E-state index contributed by atoms with van der Waals surface area (Å²) in [6.45, 7) is 7.31. The normalized spacial score (nSPS) is 13.4. The minimum atomic E-state index is 1.18. The van der Waals surface area contributed by atoms with Crippen LogP contribution in [0.25, 0.3) is 12.2 Å². The molecule has 0 aliphatic rings. The van der Waals surface area contributed by atoms with E-state index in [-0.39, 0.29) is 0 Å². The molecule has 70 valence electrons. The molecule has 0 aromatic heterocycles. The Morgan fingerprint density at radius 3 is 2.00 bits per heavy atom. The van der Waals surface area contributed by atoms with E-state index in [1.54, 1.807) is 12.2 Å². The maximum Gasteiger partial charge on any atom is -0.0184 e. The first-order valence-corrected chi connectivity index (χ1v) is 4.55. The molecule has 14 heavy (non-hydrogen) atoms. The van der Waals surface area contributed by atoms with Crippen LogP contribution in [0.1, 0.15) is 0 Å². The molecule has 0 atom stereocenters. The highest BCUT2D eigenvalue weighted by molar-refractivity contribution is 5.43. The van der Waals surface area contributed by atoms with Crippen LogP contribution in [0.4, 0.5) is 0 Å². The zero-order chi connectivity index (χ0) is 10.2. The molecule has 1 aromatic carbocycles. The topological polar surface area (TPSA) is 0 Å². The molecule has 0 nitrogen and oxygen atoms in total. The van der Waals surface area contributed by atoms with Crippen LogP contribution in [0.15, 0.2) is 61.7 Å². The Morgan fingerprint density at radius 2 is 1.43 bits per heavy atom. The summed E-state index contributed by atoms with van der Waals surface area (Å²) in [7, 11) is 0. The summed E-state index contributed by atoms with van der Waals surface area (Å²) in [6, 6.07) is 8.18. The van der Waals surface area contributed by atoms with Gasteiger partial charge in [0.25, 0.3) is 0 Å². The first-order chi connectivity index (χ1) is 6.88. The van der Waals surface area contributed by atoms with E-state index in [4.69, 9.17) is 0 Å². The van der Waals surface area contributed by atoms with Gasteiger partial charge in [0.2, 0.25) is 0 Å². The molecule has 0 aliphatic carbocycles. The number of rotatable bonds is 3. The Balaban J connectivity index is 3.26. The molecule has 0 aliphatic heterocycles. The Labute approximate surface area is 84.9 Å². The number of hydrogen-bond donors (Lipinski definition) is 0. The molecule has 0 radical (unpaired) electrons. The smallest absolute Gasteiger partial charge is 0.0184 e. The lowest BCUT2D eigenvalue weighted by molar-refractivity contribution is 1.52. The lowest BCUT2D eigenvalue weighted by atomic mass is 10.2. The van der Waals surface area contributed by atoms with E-state index in [1.165, 1.54) is 10.4 Å². The van der Waals surface area contributed by atoms with E-state index in [0.717, 1.165) is 0 Å². The highest BCUT2D eigenvalue weighted by Crippen LogP contribution is 1.77. The Bertz CT molecular complexity index is 447. The first-order valence-electron chi connectivity index (χ1n) is 4.55. The van der Waals surface area contributed by atoms with Crippen molar-refractivity contribution in [1.29, 1.82) is 0 Å². The third kappa shape index (κ3) is 2.91. The molecule has 0 bridgehead atoms. The van der Waals surface area contributed by atoms with E-state index in [0.29, 0.717) is 0 Å². The van der Waals surface area contributed by atoms with Crippen LogP contribution >= 0.6 is 0 Å². The van der Waals surface area contributed by atoms with E-state index in [1.807, 2.05) is 30.4 Å². The summed E-state index contributed by atoms with van der Waals surface area (Å²) in [5.41, 5.74) is 0. The first kappa shape index (κ1) is 10.3. The van der Waals surface area contributed by atoms with E-state index < -0.39 is 0 Å². The van der Waals surface area contributed by atoms with Crippen LogP contribution in [0, 0.1) is 0 Å². The summed E-state index contributed by atoms with van der Waals surface area (Å²) in [5, 5.41) is 2.36. The quantitative estimate of drug-likeness (QED) is 0.628. The Hall–Kier alpha value is -1.82. The van der Waals surface area contributed by atoms with Crippen LogP contribution in [-0.4, -0.2) is 0 Å². The molecular formula is C14H14. The van der Waals surface area contributed by atoms with Crippen molar-refractivity contribution in [2.75, 3.05) is 0 Å². The van der Waals surface area contributed by atoms with Gasteiger partial charge in [-0.3, -0.25) is 0 Å². The number of allylic oxidation sites excluding steroid dienone is 4. The van der Waals surface area contributed by atoms with Crippen LogP contribution in [0.5, 0.6) is 0 Å². The van der Waals surface area contributed by atoms with Crippen molar-refractivity contribution < 1.29 is 0 Å². The maximum atomic E-state index is 3.69. The van der Waals surface area contributed by atoms with Gasteiger partial charge in [-0.25, -0.2) is 0 Å². The van der Waals surface area contributed by atoms with Gasteiger partial charge in [-0.05, 0) is 10.4 Å². The van der Waals surface area contributed by atoms with Crippen molar-refractivity contribution in [3.05, 3.63) is 72.2 Å². The summed E-state index contributed by atoms with van der Waals surface area (Å²) in [6.07, 6.45) is 11.5. The van der Waals surface area contributed by atoms with E-state index >= 15 is 0 Å². The average Bonchev–Trinajstić information content (AvgIpc) is 2.21. The molecule has 0 heterocycles. The molecule has 0 heteroatoms. The fourth-order valence-electron chi connectivity index (χ4n) is 1.18. The minimum Gasteiger partial charge on any atom is -0.0991 e.